The first-order valence-electron chi connectivity index (χ1n) is 11.2. The van der Waals surface area contributed by atoms with Crippen LogP contribution in [0.15, 0.2) is 60.0 Å². The fourth-order valence-corrected chi connectivity index (χ4v) is 4.18. The van der Waals surface area contributed by atoms with Crippen LogP contribution < -0.4 is 16.2 Å². The molecule has 0 bridgehead atoms. The first-order valence-corrected chi connectivity index (χ1v) is 11.2. The Morgan fingerprint density at radius 3 is 2.88 bits per heavy atom. The molecule has 1 aliphatic heterocycles. The molecule has 174 valence electrons. The molecule has 1 aromatic carbocycles. The van der Waals surface area contributed by atoms with E-state index in [1.807, 2.05) is 6.07 Å². The Morgan fingerprint density at radius 2 is 2.09 bits per heavy atom. The van der Waals surface area contributed by atoms with Gasteiger partial charge < -0.3 is 15.7 Å². The first-order chi connectivity index (χ1) is 16.3. The summed E-state index contributed by atoms with van der Waals surface area (Å²) in [7, 11) is 0. The highest BCUT2D eigenvalue weighted by molar-refractivity contribution is 5.77. The third-order valence-corrected chi connectivity index (χ3v) is 5.90. The number of fused-ring (bicyclic) bond motifs is 2. The molecule has 0 fully saturated rings. The molecule has 3 N–H and O–H groups in total. The van der Waals surface area contributed by atoms with Crippen molar-refractivity contribution < 1.29 is 5.11 Å². The van der Waals surface area contributed by atoms with E-state index in [0.29, 0.717) is 28.5 Å². The van der Waals surface area contributed by atoms with Gasteiger partial charge in [-0.3, -0.25) is 4.79 Å². The van der Waals surface area contributed by atoms with Crippen LogP contribution in [0, 0.1) is 0 Å². The highest BCUT2D eigenvalue weighted by Crippen LogP contribution is 2.23. The molecule has 3 aromatic heterocycles. The lowest BCUT2D eigenvalue weighted by molar-refractivity contribution is 0.0738. The summed E-state index contributed by atoms with van der Waals surface area (Å²) in [5.74, 6) is 0.845. The zero-order chi connectivity index (χ0) is 23.9. The lowest BCUT2D eigenvalue weighted by Gasteiger charge is -2.18. The van der Waals surface area contributed by atoms with Gasteiger partial charge in [0, 0.05) is 18.4 Å². The molecule has 0 atom stereocenters. The number of benzene rings is 1. The molecule has 0 saturated heterocycles. The minimum Gasteiger partial charge on any atom is -0.384 e. The van der Waals surface area contributed by atoms with Gasteiger partial charge in [-0.25, -0.2) is 19.3 Å². The summed E-state index contributed by atoms with van der Waals surface area (Å²) in [5, 5.41) is 17.5. The monoisotopic (exact) mass is 457 g/mol. The summed E-state index contributed by atoms with van der Waals surface area (Å²) in [6.07, 6.45) is 4.19. The maximum absolute atomic E-state index is 13.1. The van der Waals surface area contributed by atoms with Crippen molar-refractivity contribution in [3.63, 3.8) is 0 Å². The van der Waals surface area contributed by atoms with E-state index in [1.54, 1.807) is 42.8 Å². The predicted octanol–water partition coefficient (Wildman–Crippen LogP) is 2.78. The smallest absolute Gasteiger partial charge is 0.278 e. The summed E-state index contributed by atoms with van der Waals surface area (Å²) in [6.45, 7) is 9.20. The van der Waals surface area contributed by atoms with Crippen LogP contribution in [0.1, 0.15) is 30.7 Å². The van der Waals surface area contributed by atoms with E-state index in [0.717, 1.165) is 25.2 Å². The van der Waals surface area contributed by atoms with Gasteiger partial charge in [0.2, 0.25) is 5.95 Å². The van der Waals surface area contributed by atoms with Gasteiger partial charge in [-0.2, -0.15) is 4.98 Å². The van der Waals surface area contributed by atoms with Gasteiger partial charge in [-0.1, -0.05) is 18.2 Å². The Labute approximate surface area is 196 Å². The number of nitrogens with one attached hydrogen (secondary N) is 2. The second kappa shape index (κ2) is 8.51. The number of anilines is 2. The Hall–Kier alpha value is -3.82. The quantitative estimate of drug-likeness (QED) is 0.382. The molecule has 34 heavy (non-hydrogen) atoms. The highest BCUT2D eigenvalue weighted by atomic mass is 16.3. The minimum absolute atomic E-state index is 0.239. The summed E-state index contributed by atoms with van der Waals surface area (Å²) in [4.78, 5) is 26.8. The Kier molecular flexibility index (Phi) is 5.51. The maximum atomic E-state index is 13.1. The van der Waals surface area contributed by atoms with Gasteiger partial charge in [-0.15, -0.1) is 6.58 Å². The molecule has 0 radical (unpaired) electrons. The van der Waals surface area contributed by atoms with Gasteiger partial charge in [0.25, 0.3) is 5.56 Å². The molecular formula is C25H27N7O2. The number of aliphatic hydroxyl groups is 1. The zero-order valence-electron chi connectivity index (χ0n) is 19.2. The van der Waals surface area contributed by atoms with Gasteiger partial charge in [0.15, 0.2) is 11.5 Å². The standard InChI is InChI=1S/C25H27N7O2/c1-4-12-31-23(33)19-15-27-24(28-18-9-8-16-10-11-26-14-17(16)13-18)30-22(19)32(31)21-7-5-6-20(29-21)25(2,3)34/h4-9,13,15,26,34H,1,10-12,14H2,2-3H3,(H,27,28,30). The largest absolute Gasteiger partial charge is 0.384 e. The molecule has 0 aliphatic carbocycles. The molecular weight excluding hydrogens is 430 g/mol. The molecule has 1 aliphatic rings. The van der Waals surface area contributed by atoms with E-state index in [1.165, 1.54) is 22.0 Å². The second-order valence-corrected chi connectivity index (χ2v) is 8.89. The fourth-order valence-electron chi connectivity index (χ4n) is 4.18. The maximum Gasteiger partial charge on any atom is 0.278 e. The lowest BCUT2D eigenvalue weighted by atomic mass is 10.0. The number of aromatic nitrogens is 5. The van der Waals surface area contributed by atoms with E-state index >= 15 is 0 Å². The zero-order valence-corrected chi connectivity index (χ0v) is 19.2. The molecule has 0 unspecified atom stereocenters. The predicted molar refractivity (Wildman–Crippen MR) is 131 cm³/mol. The van der Waals surface area contributed by atoms with Crippen LogP contribution in [0.2, 0.25) is 0 Å². The van der Waals surface area contributed by atoms with Crippen LogP contribution in [0.4, 0.5) is 11.6 Å². The summed E-state index contributed by atoms with van der Waals surface area (Å²) < 4.78 is 3.16. The number of rotatable bonds is 6. The molecule has 4 aromatic rings. The number of pyridine rings is 1. The third kappa shape index (κ3) is 4.00. The molecule has 0 spiro atoms. The van der Waals surface area contributed by atoms with Crippen molar-refractivity contribution in [2.45, 2.75) is 39.0 Å². The molecule has 9 nitrogen and oxygen atoms in total. The topological polar surface area (TPSA) is 110 Å². The third-order valence-electron chi connectivity index (χ3n) is 5.90. The van der Waals surface area contributed by atoms with Crippen molar-refractivity contribution in [3.05, 3.63) is 82.4 Å². The first kappa shape index (κ1) is 22.0. The summed E-state index contributed by atoms with van der Waals surface area (Å²) in [6, 6.07) is 11.6. The molecule has 4 heterocycles. The van der Waals surface area contributed by atoms with Crippen molar-refractivity contribution >= 4 is 22.7 Å². The van der Waals surface area contributed by atoms with E-state index in [9.17, 15) is 9.90 Å². The number of hydrogen-bond donors (Lipinski definition) is 3. The summed E-state index contributed by atoms with van der Waals surface area (Å²) in [5.41, 5.74) is 3.00. The van der Waals surface area contributed by atoms with Crippen molar-refractivity contribution in [1.82, 2.24) is 29.6 Å². The SMILES string of the molecule is C=CCn1c(=O)c2cnc(Nc3ccc4c(c3)CNCC4)nc2n1-c1cccc(C(C)(C)O)n1. The van der Waals surface area contributed by atoms with Crippen molar-refractivity contribution in [3.8, 4) is 5.82 Å². The van der Waals surface area contributed by atoms with Crippen molar-refractivity contribution in [2.75, 3.05) is 11.9 Å². The van der Waals surface area contributed by atoms with Crippen LogP contribution in [-0.2, 0) is 25.1 Å². The minimum atomic E-state index is -1.13. The van der Waals surface area contributed by atoms with Crippen LogP contribution >= 0.6 is 0 Å². The van der Waals surface area contributed by atoms with Gasteiger partial charge in [0.05, 0.1) is 12.2 Å². The number of hydrogen-bond acceptors (Lipinski definition) is 7. The highest BCUT2D eigenvalue weighted by Gasteiger charge is 2.22. The second-order valence-electron chi connectivity index (χ2n) is 8.89. The average molecular weight is 458 g/mol. The van der Waals surface area contributed by atoms with Gasteiger partial charge in [0.1, 0.15) is 11.0 Å². The average Bonchev–Trinajstić information content (AvgIpc) is 3.10. The van der Waals surface area contributed by atoms with Crippen molar-refractivity contribution in [2.24, 2.45) is 0 Å². The van der Waals surface area contributed by atoms with Crippen LogP contribution in [0.3, 0.4) is 0 Å². The molecule has 5 rings (SSSR count). The Bertz CT molecular complexity index is 1450. The van der Waals surface area contributed by atoms with Crippen LogP contribution in [0.5, 0.6) is 0 Å². The van der Waals surface area contributed by atoms with Gasteiger partial charge >= 0.3 is 0 Å². The van der Waals surface area contributed by atoms with E-state index in [2.05, 4.69) is 44.3 Å². The fraction of sp³-hybridized carbons (Fsp3) is 0.280. The Balaban J connectivity index is 1.62. The van der Waals surface area contributed by atoms with E-state index < -0.39 is 5.60 Å². The normalized spacial score (nSPS) is 13.6. The number of nitrogens with zero attached hydrogens (tertiary/aromatic N) is 5. The molecule has 0 amide bonds. The van der Waals surface area contributed by atoms with Gasteiger partial charge in [-0.05, 0) is 62.2 Å². The van der Waals surface area contributed by atoms with Crippen molar-refractivity contribution in [1.29, 1.82) is 0 Å². The Morgan fingerprint density at radius 1 is 1.24 bits per heavy atom. The van der Waals surface area contributed by atoms with Crippen LogP contribution in [-0.4, -0.2) is 36.0 Å². The van der Waals surface area contributed by atoms with E-state index in [-0.39, 0.29) is 12.1 Å². The molecule has 9 heteroatoms. The van der Waals surface area contributed by atoms with Crippen LogP contribution in [0.25, 0.3) is 16.9 Å². The van der Waals surface area contributed by atoms with E-state index in [4.69, 9.17) is 0 Å². The lowest BCUT2D eigenvalue weighted by Crippen LogP contribution is -2.23. The summed E-state index contributed by atoms with van der Waals surface area (Å²) >= 11 is 0. The number of allylic oxidation sites excluding steroid dienone is 1. The molecule has 0 saturated carbocycles.